The fraction of sp³-hybridized carbons (Fsp3) is 0. The third kappa shape index (κ3) is 3.62. The molecule has 44 heavy (non-hydrogen) atoms. The summed E-state index contributed by atoms with van der Waals surface area (Å²) in [5.74, 6) is 0. The lowest BCUT2D eigenvalue weighted by Crippen LogP contribution is -2.01. The Hall–Kier alpha value is -5.57. The number of benzene rings is 4. The van der Waals surface area contributed by atoms with Crippen LogP contribution < -0.4 is 0 Å². The summed E-state index contributed by atoms with van der Waals surface area (Å²) in [5, 5.41) is 3.47. The summed E-state index contributed by atoms with van der Waals surface area (Å²) in [6.45, 7) is 0. The fourth-order valence-electron chi connectivity index (χ4n) is 6.58. The molecule has 210 valence electrons. The lowest BCUT2D eigenvalue weighted by Gasteiger charge is -2.03. The van der Waals surface area contributed by atoms with Gasteiger partial charge in [0.05, 0.1) is 28.3 Å². The van der Waals surface area contributed by atoms with E-state index in [0.29, 0.717) is 22.2 Å². The Balaban J connectivity index is 1.58. The van der Waals surface area contributed by atoms with Crippen LogP contribution in [0.2, 0.25) is 0 Å². The van der Waals surface area contributed by atoms with E-state index in [0.717, 1.165) is 55.3 Å². The first-order valence-corrected chi connectivity index (χ1v) is 15.6. The van der Waals surface area contributed by atoms with Crippen molar-refractivity contribution in [3.63, 3.8) is 0 Å². The molecule has 8 heteroatoms. The van der Waals surface area contributed by atoms with Crippen LogP contribution in [0.1, 0.15) is 0 Å². The monoisotopic (exact) mass is 590 g/mol. The van der Waals surface area contributed by atoms with E-state index >= 15 is 0 Å². The second kappa shape index (κ2) is 8.97. The summed E-state index contributed by atoms with van der Waals surface area (Å²) in [7, 11) is -4.75. The van der Waals surface area contributed by atoms with E-state index in [1.165, 1.54) is 0 Å². The van der Waals surface area contributed by atoms with Crippen molar-refractivity contribution in [3.8, 4) is 45.0 Å². The van der Waals surface area contributed by atoms with Gasteiger partial charge in [0.1, 0.15) is 4.90 Å². The summed E-state index contributed by atoms with van der Waals surface area (Å²) in [6, 6.07) is 37.1. The highest BCUT2D eigenvalue weighted by Gasteiger charge is 2.28. The standard InChI is InChI=1S/C36H22N4O3S/c41-44(42,43)36-34-26-15-7-5-13-24(26)32(39-34)18-30-22-11-3-1-9-20(22)28(37-30)17-29-21-10-2-4-12-23(21)31(38-29)19-33-25-14-6-8-16-27(25)35(36)40-33/h1-19,37,40H,(H,41,42,43). The van der Waals surface area contributed by atoms with Crippen LogP contribution >= 0.6 is 0 Å². The quantitative estimate of drug-likeness (QED) is 0.166. The van der Waals surface area contributed by atoms with Crippen molar-refractivity contribution in [2.45, 2.75) is 4.90 Å². The molecule has 7 nitrogen and oxygen atoms in total. The van der Waals surface area contributed by atoms with E-state index in [2.05, 4.69) is 28.2 Å². The number of fused-ring (bicyclic) bond motifs is 20. The van der Waals surface area contributed by atoms with Gasteiger partial charge < -0.3 is 9.97 Å². The van der Waals surface area contributed by atoms with Gasteiger partial charge in [0.25, 0.3) is 10.1 Å². The predicted molar refractivity (Wildman–Crippen MR) is 175 cm³/mol. The normalized spacial score (nSPS) is 12.4. The summed E-state index contributed by atoms with van der Waals surface area (Å²) in [4.78, 5) is 16.6. The number of aromatic nitrogens is 4. The van der Waals surface area contributed by atoms with Crippen molar-refractivity contribution in [1.82, 2.24) is 19.9 Å². The van der Waals surface area contributed by atoms with Gasteiger partial charge in [-0.15, -0.1) is 0 Å². The second-order valence-corrected chi connectivity index (χ2v) is 12.4. The van der Waals surface area contributed by atoms with E-state index in [9.17, 15) is 13.0 Å². The van der Waals surface area contributed by atoms with E-state index in [1.807, 2.05) is 97.1 Å². The molecule has 0 spiro atoms. The molecule has 3 aromatic heterocycles. The van der Waals surface area contributed by atoms with Gasteiger partial charge in [0.2, 0.25) is 0 Å². The first kappa shape index (κ1) is 25.0. The number of rotatable bonds is 1. The molecule has 0 radical (unpaired) electrons. The third-order valence-corrected chi connectivity index (χ3v) is 9.39. The van der Waals surface area contributed by atoms with Crippen LogP contribution in [0.15, 0.2) is 120 Å². The highest BCUT2D eigenvalue weighted by Crippen LogP contribution is 2.43. The molecule has 9 rings (SSSR count). The van der Waals surface area contributed by atoms with Gasteiger partial charge in [-0.05, 0) is 18.2 Å². The predicted octanol–water partition coefficient (Wildman–Crippen LogP) is 8.54. The van der Waals surface area contributed by atoms with Gasteiger partial charge in [-0.2, -0.15) is 8.42 Å². The third-order valence-electron chi connectivity index (χ3n) is 8.48. The topological polar surface area (TPSA) is 112 Å². The Kier molecular flexibility index (Phi) is 5.09. The van der Waals surface area contributed by atoms with Crippen LogP contribution in [-0.2, 0) is 10.1 Å². The van der Waals surface area contributed by atoms with Crippen LogP contribution in [0.5, 0.6) is 0 Å². The number of nitrogens with one attached hydrogen (secondary N) is 2. The van der Waals surface area contributed by atoms with E-state index < -0.39 is 10.1 Å². The Labute approximate surface area is 251 Å². The average Bonchev–Trinajstić information content (AvgIpc) is 3.76. The van der Waals surface area contributed by atoms with Gasteiger partial charge in [-0.1, -0.05) is 97.1 Å². The Morgan fingerprint density at radius 1 is 0.500 bits per heavy atom. The minimum Gasteiger partial charge on any atom is -0.354 e. The molecule has 2 aliphatic rings. The molecule has 0 fully saturated rings. The number of hydrogen-bond donors (Lipinski definition) is 3. The molecule has 8 bridgehead atoms. The minimum atomic E-state index is -4.75. The molecule has 4 aromatic carbocycles. The average molecular weight is 591 g/mol. The van der Waals surface area contributed by atoms with Crippen molar-refractivity contribution < 1.29 is 13.0 Å². The summed E-state index contributed by atoms with van der Waals surface area (Å²) < 4.78 is 37.4. The van der Waals surface area contributed by atoms with Crippen LogP contribution in [0.4, 0.5) is 0 Å². The smallest absolute Gasteiger partial charge is 0.298 e. The molecule has 5 heterocycles. The second-order valence-electron chi connectivity index (χ2n) is 11.0. The molecule has 0 aliphatic carbocycles. The molecule has 0 saturated heterocycles. The molecule has 2 aliphatic heterocycles. The molecule has 3 N–H and O–H groups in total. The largest absolute Gasteiger partial charge is 0.354 e. The maximum absolute atomic E-state index is 13.3. The van der Waals surface area contributed by atoms with E-state index in [4.69, 9.17) is 9.97 Å². The van der Waals surface area contributed by atoms with Crippen LogP contribution in [0, 0.1) is 0 Å². The van der Waals surface area contributed by atoms with Crippen molar-refractivity contribution in [1.29, 1.82) is 0 Å². The molecule has 0 atom stereocenters. The summed E-state index contributed by atoms with van der Waals surface area (Å²) >= 11 is 0. The number of nitrogens with zero attached hydrogens (tertiary/aromatic N) is 2. The highest BCUT2D eigenvalue weighted by molar-refractivity contribution is 7.86. The van der Waals surface area contributed by atoms with Crippen molar-refractivity contribution in [2.75, 3.05) is 0 Å². The van der Waals surface area contributed by atoms with Crippen LogP contribution in [0.3, 0.4) is 0 Å². The number of aromatic amines is 2. The van der Waals surface area contributed by atoms with Crippen molar-refractivity contribution >= 4 is 53.7 Å². The van der Waals surface area contributed by atoms with Gasteiger partial charge in [0, 0.05) is 60.3 Å². The highest BCUT2D eigenvalue weighted by atomic mass is 32.2. The first-order chi connectivity index (χ1) is 21.4. The summed E-state index contributed by atoms with van der Waals surface area (Å²) in [5.41, 5.74) is 8.37. The molecular weight excluding hydrogens is 568 g/mol. The van der Waals surface area contributed by atoms with Crippen molar-refractivity contribution in [3.05, 3.63) is 115 Å². The zero-order valence-corrected chi connectivity index (χ0v) is 23.9. The zero-order valence-electron chi connectivity index (χ0n) is 23.0. The lowest BCUT2D eigenvalue weighted by atomic mass is 10.0. The Morgan fingerprint density at radius 3 is 1.45 bits per heavy atom. The molecular formula is C36H22N4O3S. The Morgan fingerprint density at radius 2 is 0.909 bits per heavy atom. The maximum Gasteiger partial charge on any atom is 0.298 e. The van der Waals surface area contributed by atoms with Gasteiger partial charge in [-0.25, -0.2) is 9.97 Å². The van der Waals surface area contributed by atoms with Gasteiger partial charge >= 0.3 is 0 Å². The molecule has 7 aromatic rings. The zero-order chi connectivity index (χ0) is 29.6. The van der Waals surface area contributed by atoms with E-state index in [-0.39, 0.29) is 16.1 Å². The Bertz CT molecular complexity index is 2650. The maximum atomic E-state index is 13.3. The lowest BCUT2D eigenvalue weighted by molar-refractivity contribution is 0.484. The minimum absolute atomic E-state index is 0.182. The SMILES string of the molecule is O=S(=O)(O)c1c2nc(cc3[nH]c(cc4nc(cc5[nH]c1c1ccccc51)-c1ccccc1-4)c1ccccc31)-c1ccccc1-2. The first-order valence-electron chi connectivity index (χ1n) is 14.2. The molecule has 0 amide bonds. The fourth-order valence-corrected chi connectivity index (χ4v) is 7.39. The van der Waals surface area contributed by atoms with Gasteiger partial charge in [0.15, 0.2) is 0 Å². The van der Waals surface area contributed by atoms with E-state index in [1.54, 1.807) is 0 Å². The molecule has 0 saturated carbocycles. The van der Waals surface area contributed by atoms with Gasteiger partial charge in [-0.3, -0.25) is 4.55 Å². The number of hydrogen-bond acceptors (Lipinski definition) is 4. The summed E-state index contributed by atoms with van der Waals surface area (Å²) in [6.07, 6.45) is 0. The van der Waals surface area contributed by atoms with Crippen LogP contribution in [-0.4, -0.2) is 32.9 Å². The molecule has 0 unspecified atom stereocenters. The number of H-pyrrole nitrogens is 2. The van der Waals surface area contributed by atoms with Crippen LogP contribution in [0.25, 0.3) is 88.6 Å². The van der Waals surface area contributed by atoms with Crippen molar-refractivity contribution in [2.24, 2.45) is 0 Å².